The Morgan fingerprint density at radius 3 is 2.88 bits per heavy atom. The van der Waals surface area contributed by atoms with Gasteiger partial charge in [0, 0.05) is 24.8 Å². The van der Waals surface area contributed by atoms with E-state index in [1.165, 1.54) is 0 Å². The first-order valence-corrected chi connectivity index (χ1v) is 6.04. The minimum absolute atomic E-state index is 0.212. The molecule has 0 amide bonds. The summed E-state index contributed by atoms with van der Waals surface area (Å²) in [6.07, 6.45) is 4.15. The molecule has 0 spiro atoms. The third kappa shape index (κ3) is 2.85. The summed E-state index contributed by atoms with van der Waals surface area (Å²) < 4.78 is 6.84. The van der Waals surface area contributed by atoms with Crippen molar-refractivity contribution in [1.29, 1.82) is 0 Å². The van der Waals surface area contributed by atoms with Gasteiger partial charge < -0.3 is 4.74 Å². The maximum atomic E-state index is 11.9. The Morgan fingerprint density at radius 2 is 2.41 bits per heavy atom. The highest BCUT2D eigenvalue weighted by Crippen LogP contribution is 2.26. The summed E-state index contributed by atoms with van der Waals surface area (Å²) in [6.45, 7) is 4.14. The van der Waals surface area contributed by atoms with Crippen LogP contribution in [-0.2, 0) is 16.6 Å². The second-order valence-electron chi connectivity index (χ2n) is 4.47. The van der Waals surface area contributed by atoms with E-state index in [9.17, 15) is 4.79 Å². The minimum atomic E-state index is -0.379. The van der Waals surface area contributed by atoms with Gasteiger partial charge in [-0.15, -0.1) is 0 Å². The fourth-order valence-electron chi connectivity index (χ4n) is 1.90. The highest BCUT2D eigenvalue weighted by molar-refractivity contribution is 5.78. The van der Waals surface area contributed by atoms with Crippen molar-refractivity contribution >= 4 is 5.97 Å². The normalized spacial score (nSPS) is 16.9. The van der Waals surface area contributed by atoms with Crippen molar-refractivity contribution in [1.82, 2.24) is 15.1 Å². The van der Waals surface area contributed by atoms with Crippen LogP contribution in [0.5, 0.6) is 0 Å². The van der Waals surface area contributed by atoms with Crippen LogP contribution in [0.25, 0.3) is 0 Å². The Morgan fingerprint density at radius 1 is 1.71 bits per heavy atom. The maximum absolute atomic E-state index is 11.9. The van der Waals surface area contributed by atoms with Gasteiger partial charge in [-0.05, 0) is 26.7 Å². The van der Waals surface area contributed by atoms with Crippen LogP contribution in [0.15, 0.2) is 6.20 Å². The standard InChI is InChI=1S/C12H19N3O2/c1-4-17-12(16)11(13-9-5-6-9)10-7-15(3)14-8(10)2/h7,9,11,13H,4-6H2,1-3H3. The summed E-state index contributed by atoms with van der Waals surface area (Å²) in [5.74, 6) is -0.212. The Kier molecular flexibility index (Phi) is 3.47. The van der Waals surface area contributed by atoms with Gasteiger partial charge in [0.05, 0.1) is 12.3 Å². The third-order valence-electron chi connectivity index (χ3n) is 2.86. The third-order valence-corrected chi connectivity index (χ3v) is 2.86. The van der Waals surface area contributed by atoms with Crippen LogP contribution in [0.2, 0.25) is 0 Å². The first kappa shape index (κ1) is 12.1. The minimum Gasteiger partial charge on any atom is -0.465 e. The molecule has 94 valence electrons. The molecule has 5 heteroatoms. The van der Waals surface area contributed by atoms with E-state index in [0.29, 0.717) is 12.6 Å². The van der Waals surface area contributed by atoms with Crippen LogP contribution in [0.4, 0.5) is 0 Å². The van der Waals surface area contributed by atoms with Gasteiger partial charge in [0.2, 0.25) is 0 Å². The maximum Gasteiger partial charge on any atom is 0.327 e. The summed E-state index contributed by atoms with van der Waals surface area (Å²) in [6, 6.07) is 0.0696. The summed E-state index contributed by atoms with van der Waals surface area (Å²) in [5, 5.41) is 7.59. The van der Waals surface area contributed by atoms with Gasteiger partial charge in [-0.25, -0.2) is 4.79 Å². The molecule has 1 aromatic heterocycles. The van der Waals surface area contributed by atoms with E-state index in [1.807, 2.05) is 27.1 Å². The zero-order chi connectivity index (χ0) is 12.4. The molecule has 1 aliphatic rings. The van der Waals surface area contributed by atoms with Crippen molar-refractivity contribution < 1.29 is 9.53 Å². The highest BCUT2D eigenvalue weighted by Gasteiger charge is 2.32. The quantitative estimate of drug-likeness (QED) is 0.779. The van der Waals surface area contributed by atoms with Crippen molar-refractivity contribution in [3.63, 3.8) is 0 Å². The Balaban J connectivity index is 2.18. The molecule has 0 aromatic carbocycles. The van der Waals surface area contributed by atoms with Gasteiger partial charge in [0.15, 0.2) is 0 Å². The summed E-state index contributed by atoms with van der Waals surface area (Å²) in [4.78, 5) is 11.9. The van der Waals surface area contributed by atoms with E-state index >= 15 is 0 Å². The van der Waals surface area contributed by atoms with E-state index in [-0.39, 0.29) is 12.0 Å². The zero-order valence-corrected chi connectivity index (χ0v) is 10.6. The molecule has 5 nitrogen and oxygen atoms in total. The number of nitrogens with zero attached hydrogens (tertiary/aromatic N) is 2. The van der Waals surface area contributed by atoms with Crippen molar-refractivity contribution in [2.24, 2.45) is 7.05 Å². The number of aromatic nitrogens is 2. The fourth-order valence-corrected chi connectivity index (χ4v) is 1.90. The Hall–Kier alpha value is -1.36. The molecule has 0 saturated heterocycles. The molecule has 0 aliphatic heterocycles. The van der Waals surface area contributed by atoms with E-state index in [4.69, 9.17) is 4.74 Å². The molecule has 1 aromatic rings. The summed E-state index contributed by atoms with van der Waals surface area (Å²) >= 11 is 0. The van der Waals surface area contributed by atoms with Crippen LogP contribution in [0.3, 0.4) is 0 Å². The molecular formula is C12H19N3O2. The van der Waals surface area contributed by atoms with E-state index in [2.05, 4.69) is 10.4 Å². The van der Waals surface area contributed by atoms with Crippen LogP contribution in [0, 0.1) is 6.92 Å². The van der Waals surface area contributed by atoms with Crippen LogP contribution in [0.1, 0.15) is 37.1 Å². The lowest BCUT2D eigenvalue weighted by molar-refractivity contribution is -0.145. The van der Waals surface area contributed by atoms with E-state index in [1.54, 1.807) is 4.68 Å². The van der Waals surface area contributed by atoms with Gasteiger partial charge in [-0.2, -0.15) is 5.10 Å². The lowest BCUT2D eigenvalue weighted by atomic mass is 10.1. The summed E-state index contributed by atoms with van der Waals surface area (Å²) in [7, 11) is 1.86. The SMILES string of the molecule is CCOC(=O)C(NC1CC1)c1cn(C)nc1C. The van der Waals surface area contributed by atoms with Crippen molar-refractivity contribution in [3.05, 3.63) is 17.5 Å². The number of esters is 1. The molecule has 1 heterocycles. The fraction of sp³-hybridized carbons (Fsp3) is 0.667. The predicted octanol–water partition coefficient (Wildman–Crippen LogP) is 1.08. The molecule has 1 aliphatic carbocycles. The molecule has 0 bridgehead atoms. The predicted molar refractivity (Wildman–Crippen MR) is 63.5 cm³/mol. The first-order valence-electron chi connectivity index (χ1n) is 6.04. The van der Waals surface area contributed by atoms with Gasteiger partial charge in [0.1, 0.15) is 6.04 Å². The second-order valence-corrected chi connectivity index (χ2v) is 4.47. The molecule has 1 saturated carbocycles. The monoisotopic (exact) mass is 237 g/mol. The molecule has 1 fully saturated rings. The average molecular weight is 237 g/mol. The number of rotatable bonds is 5. The lowest BCUT2D eigenvalue weighted by Gasteiger charge is -2.16. The number of carbonyl (C=O) groups is 1. The molecule has 17 heavy (non-hydrogen) atoms. The molecule has 1 atom stereocenters. The Bertz CT molecular complexity index is 410. The number of ether oxygens (including phenoxy) is 1. The van der Waals surface area contributed by atoms with Gasteiger partial charge in [-0.1, -0.05) is 0 Å². The summed E-state index contributed by atoms with van der Waals surface area (Å²) in [5.41, 5.74) is 1.79. The van der Waals surface area contributed by atoms with Crippen LogP contribution in [-0.4, -0.2) is 28.4 Å². The number of hydrogen-bond acceptors (Lipinski definition) is 4. The number of hydrogen-bond donors (Lipinski definition) is 1. The molecular weight excluding hydrogens is 218 g/mol. The van der Waals surface area contributed by atoms with Crippen molar-refractivity contribution in [3.8, 4) is 0 Å². The average Bonchev–Trinajstić information content (AvgIpc) is 3.01. The smallest absolute Gasteiger partial charge is 0.327 e. The van der Waals surface area contributed by atoms with Gasteiger partial charge in [-0.3, -0.25) is 10.00 Å². The largest absolute Gasteiger partial charge is 0.465 e. The van der Waals surface area contributed by atoms with Crippen LogP contribution < -0.4 is 5.32 Å². The lowest BCUT2D eigenvalue weighted by Crippen LogP contribution is -2.32. The highest BCUT2D eigenvalue weighted by atomic mass is 16.5. The van der Waals surface area contributed by atoms with E-state index in [0.717, 1.165) is 24.1 Å². The molecule has 1 N–H and O–H groups in total. The van der Waals surface area contributed by atoms with Gasteiger partial charge in [0.25, 0.3) is 0 Å². The van der Waals surface area contributed by atoms with Crippen molar-refractivity contribution in [2.75, 3.05) is 6.61 Å². The zero-order valence-electron chi connectivity index (χ0n) is 10.6. The first-order chi connectivity index (χ1) is 8.11. The molecule has 0 radical (unpaired) electrons. The topological polar surface area (TPSA) is 56.1 Å². The molecule has 2 rings (SSSR count). The second kappa shape index (κ2) is 4.87. The Labute approximate surface area is 101 Å². The van der Waals surface area contributed by atoms with E-state index < -0.39 is 0 Å². The molecule has 1 unspecified atom stereocenters. The van der Waals surface area contributed by atoms with Gasteiger partial charge >= 0.3 is 5.97 Å². The number of aryl methyl sites for hydroxylation is 2. The number of nitrogens with one attached hydrogen (secondary N) is 1. The number of carbonyl (C=O) groups excluding carboxylic acids is 1. The van der Waals surface area contributed by atoms with Crippen LogP contribution >= 0.6 is 0 Å². The van der Waals surface area contributed by atoms with Crippen molar-refractivity contribution in [2.45, 2.75) is 38.8 Å².